The smallest absolute Gasteiger partial charge is 0.319 e. The quantitative estimate of drug-likeness (QED) is 0.724. The minimum absolute atomic E-state index is 0.118. The molecule has 0 radical (unpaired) electrons. The molecule has 7 heteroatoms. The summed E-state index contributed by atoms with van der Waals surface area (Å²) >= 11 is 1.51. The van der Waals surface area contributed by atoms with Gasteiger partial charge in [0.15, 0.2) is 11.5 Å². The fourth-order valence-corrected chi connectivity index (χ4v) is 2.56. The fourth-order valence-electron chi connectivity index (χ4n) is 2.00. The third-order valence-corrected chi connectivity index (χ3v) is 4.43. The van der Waals surface area contributed by atoms with Gasteiger partial charge in [0.2, 0.25) is 0 Å². The molecule has 6 nitrogen and oxygen atoms in total. The molecule has 22 heavy (non-hydrogen) atoms. The number of fused-ring (bicyclic) bond motifs is 1. The molecule has 1 atom stereocenters. The lowest BCUT2D eigenvalue weighted by Crippen LogP contribution is -2.50. The van der Waals surface area contributed by atoms with Crippen molar-refractivity contribution in [3.63, 3.8) is 0 Å². The minimum atomic E-state index is -0.641. The van der Waals surface area contributed by atoms with Crippen LogP contribution in [0.25, 0.3) is 0 Å². The molecule has 0 saturated heterocycles. The number of urea groups is 1. The van der Waals surface area contributed by atoms with E-state index in [2.05, 4.69) is 10.6 Å². The van der Waals surface area contributed by atoms with Crippen LogP contribution in [0, 0.1) is 0 Å². The molecular weight excluding hydrogens is 304 g/mol. The largest absolute Gasteiger partial charge is 0.486 e. The Morgan fingerprint density at radius 2 is 2.00 bits per heavy atom. The van der Waals surface area contributed by atoms with E-state index in [0.717, 1.165) is 4.90 Å². The Labute approximate surface area is 134 Å². The van der Waals surface area contributed by atoms with Gasteiger partial charge in [-0.15, -0.1) is 11.8 Å². The number of benzene rings is 1. The SMILES string of the molecule is CC[C@@](C)(CO)NC(=O)Nc1cc2c(cc1SC)OCCO2. The van der Waals surface area contributed by atoms with E-state index in [9.17, 15) is 9.90 Å². The molecule has 0 saturated carbocycles. The van der Waals surface area contributed by atoms with Crippen LogP contribution in [0.4, 0.5) is 10.5 Å². The predicted molar refractivity (Wildman–Crippen MR) is 87.1 cm³/mol. The standard InChI is InChI=1S/C15H22N2O4S/c1-4-15(2,9-18)17-14(19)16-10-7-11-12(8-13(10)22-3)21-6-5-20-11/h7-8,18H,4-6,9H2,1-3H3,(H2,16,17,19)/t15-/m0/s1. The highest BCUT2D eigenvalue weighted by atomic mass is 32.2. The molecule has 1 heterocycles. The summed E-state index contributed by atoms with van der Waals surface area (Å²) in [4.78, 5) is 13.1. The first kappa shape index (κ1) is 16.8. The lowest BCUT2D eigenvalue weighted by Gasteiger charge is -2.27. The van der Waals surface area contributed by atoms with Crippen molar-refractivity contribution in [3.05, 3.63) is 12.1 Å². The molecule has 0 aliphatic carbocycles. The van der Waals surface area contributed by atoms with Crippen LogP contribution in [-0.2, 0) is 0 Å². The highest BCUT2D eigenvalue weighted by molar-refractivity contribution is 7.98. The second kappa shape index (κ2) is 7.11. The summed E-state index contributed by atoms with van der Waals surface area (Å²) in [5.74, 6) is 1.31. The molecule has 1 aromatic carbocycles. The zero-order valence-corrected chi connectivity index (χ0v) is 13.9. The van der Waals surface area contributed by atoms with Gasteiger partial charge in [-0.25, -0.2) is 4.79 Å². The number of thioether (sulfide) groups is 1. The lowest BCUT2D eigenvalue weighted by atomic mass is 10.0. The van der Waals surface area contributed by atoms with Gasteiger partial charge in [-0.2, -0.15) is 0 Å². The van der Waals surface area contributed by atoms with E-state index in [1.54, 1.807) is 13.0 Å². The monoisotopic (exact) mass is 326 g/mol. The van der Waals surface area contributed by atoms with Crippen molar-refractivity contribution in [3.8, 4) is 11.5 Å². The van der Waals surface area contributed by atoms with E-state index in [0.29, 0.717) is 36.8 Å². The first-order chi connectivity index (χ1) is 10.5. The molecule has 0 aromatic heterocycles. The van der Waals surface area contributed by atoms with E-state index in [-0.39, 0.29) is 12.6 Å². The summed E-state index contributed by atoms with van der Waals surface area (Å²) in [7, 11) is 0. The van der Waals surface area contributed by atoms with Crippen molar-refractivity contribution in [2.45, 2.75) is 30.7 Å². The van der Waals surface area contributed by atoms with Gasteiger partial charge < -0.3 is 25.2 Å². The summed E-state index contributed by atoms with van der Waals surface area (Å²) in [5, 5.41) is 15.0. The number of amides is 2. The molecule has 0 fully saturated rings. The van der Waals surface area contributed by atoms with E-state index in [1.807, 2.05) is 19.2 Å². The number of nitrogens with one attached hydrogen (secondary N) is 2. The second-order valence-corrected chi connectivity index (χ2v) is 6.20. The number of carbonyl (C=O) groups is 1. The molecule has 0 unspecified atom stereocenters. The zero-order valence-electron chi connectivity index (χ0n) is 13.1. The molecule has 0 bridgehead atoms. The van der Waals surface area contributed by atoms with Gasteiger partial charge >= 0.3 is 6.03 Å². The van der Waals surface area contributed by atoms with E-state index in [1.165, 1.54) is 11.8 Å². The molecule has 0 spiro atoms. The Morgan fingerprint density at radius 3 is 2.55 bits per heavy atom. The van der Waals surface area contributed by atoms with E-state index < -0.39 is 5.54 Å². The summed E-state index contributed by atoms with van der Waals surface area (Å²) < 4.78 is 11.1. The van der Waals surface area contributed by atoms with Gasteiger partial charge in [0.25, 0.3) is 0 Å². The van der Waals surface area contributed by atoms with Crippen LogP contribution in [0.3, 0.4) is 0 Å². The van der Waals surface area contributed by atoms with Crippen molar-refractivity contribution >= 4 is 23.5 Å². The number of rotatable bonds is 5. The average molecular weight is 326 g/mol. The molecular formula is C15H22N2O4S. The van der Waals surface area contributed by atoms with Gasteiger partial charge in [0, 0.05) is 11.0 Å². The van der Waals surface area contributed by atoms with Crippen molar-refractivity contribution in [2.24, 2.45) is 0 Å². The Morgan fingerprint density at radius 1 is 1.36 bits per heavy atom. The zero-order chi connectivity index (χ0) is 16.2. The molecule has 2 amide bonds. The van der Waals surface area contributed by atoms with E-state index in [4.69, 9.17) is 9.47 Å². The predicted octanol–water partition coefficient (Wildman–Crippen LogP) is 2.46. The van der Waals surface area contributed by atoms with Crippen LogP contribution in [0.1, 0.15) is 20.3 Å². The topological polar surface area (TPSA) is 79.8 Å². The number of ether oxygens (including phenoxy) is 2. The second-order valence-electron chi connectivity index (χ2n) is 5.35. The molecule has 1 aliphatic heterocycles. The normalized spacial score (nSPS) is 15.8. The number of anilines is 1. The Balaban J connectivity index is 2.16. The number of aliphatic hydroxyl groups excluding tert-OH is 1. The molecule has 3 N–H and O–H groups in total. The third-order valence-electron chi connectivity index (χ3n) is 3.66. The Bertz CT molecular complexity index is 547. The summed E-state index contributed by atoms with van der Waals surface area (Å²) in [6.45, 7) is 4.61. The number of carbonyl (C=O) groups excluding carboxylic acids is 1. The Hall–Kier alpha value is -1.60. The van der Waals surface area contributed by atoms with Crippen molar-refractivity contribution < 1.29 is 19.4 Å². The van der Waals surface area contributed by atoms with Crippen LogP contribution in [0.5, 0.6) is 11.5 Å². The highest BCUT2D eigenvalue weighted by Gasteiger charge is 2.24. The maximum absolute atomic E-state index is 12.2. The van der Waals surface area contributed by atoms with Crippen LogP contribution < -0.4 is 20.1 Å². The van der Waals surface area contributed by atoms with Gasteiger partial charge in [-0.3, -0.25) is 0 Å². The van der Waals surface area contributed by atoms with Crippen LogP contribution in [-0.4, -0.2) is 42.8 Å². The van der Waals surface area contributed by atoms with Crippen molar-refractivity contribution in [2.75, 3.05) is 31.4 Å². The number of aliphatic hydroxyl groups is 1. The Kier molecular flexibility index (Phi) is 5.42. The first-order valence-corrected chi connectivity index (χ1v) is 8.41. The maximum atomic E-state index is 12.2. The van der Waals surface area contributed by atoms with Crippen molar-refractivity contribution in [1.29, 1.82) is 0 Å². The summed E-state index contributed by atoms with van der Waals surface area (Å²) in [6, 6.07) is 3.27. The summed E-state index contributed by atoms with van der Waals surface area (Å²) in [5.41, 5.74) is 0.0166. The fraction of sp³-hybridized carbons (Fsp3) is 0.533. The molecule has 122 valence electrons. The summed E-state index contributed by atoms with van der Waals surface area (Å²) in [6.07, 6.45) is 2.56. The number of hydrogen-bond acceptors (Lipinski definition) is 5. The highest BCUT2D eigenvalue weighted by Crippen LogP contribution is 2.39. The number of hydrogen-bond donors (Lipinski definition) is 3. The third kappa shape index (κ3) is 3.78. The van der Waals surface area contributed by atoms with Crippen LogP contribution >= 0.6 is 11.8 Å². The first-order valence-electron chi connectivity index (χ1n) is 7.19. The van der Waals surface area contributed by atoms with Gasteiger partial charge in [0.05, 0.1) is 17.8 Å². The van der Waals surface area contributed by atoms with Gasteiger partial charge in [-0.05, 0) is 25.7 Å². The van der Waals surface area contributed by atoms with Crippen molar-refractivity contribution in [1.82, 2.24) is 5.32 Å². The van der Waals surface area contributed by atoms with Gasteiger partial charge in [0.1, 0.15) is 13.2 Å². The average Bonchev–Trinajstić information content (AvgIpc) is 2.53. The molecule has 1 aliphatic rings. The van der Waals surface area contributed by atoms with Crippen LogP contribution in [0.15, 0.2) is 17.0 Å². The molecule has 2 rings (SSSR count). The van der Waals surface area contributed by atoms with Gasteiger partial charge in [-0.1, -0.05) is 6.92 Å². The molecule has 1 aromatic rings. The maximum Gasteiger partial charge on any atom is 0.319 e. The van der Waals surface area contributed by atoms with E-state index >= 15 is 0 Å². The van der Waals surface area contributed by atoms with Crippen LogP contribution in [0.2, 0.25) is 0 Å². The minimum Gasteiger partial charge on any atom is -0.486 e. The lowest BCUT2D eigenvalue weighted by molar-refractivity contribution is 0.170.